The number of amides is 2. The van der Waals surface area contributed by atoms with Crippen molar-refractivity contribution < 1.29 is 18.9 Å². The second-order valence-corrected chi connectivity index (χ2v) is 10.3. The van der Waals surface area contributed by atoms with E-state index >= 15 is 0 Å². The van der Waals surface area contributed by atoms with Gasteiger partial charge in [-0.15, -0.1) is 11.3 Å². The summed E-state index contributed by atoms with van der Waals surface area (Å²) in [7, 11) is 0. The molecule has 37 heavy (non-hydrogen) atoms. The minimum atomic E-state index is -0.496. The summed E-state index contributed by atoms with van der Waals surface area (Å²) < 4.78 is 14.1. The molecule has 2 aromatic carbocycles. The van der Waals surface area contributed by atoms with E-state index in [1.54, 1.807) is 33.3 Å². The van der Waals surface area contributed by atoms with E-state index in [-0.39, 0.29) is 35.9 Å². The van der Waals surface area contributed by atoms with Crippen LogP contribution in [0.1, 0.15) is 38.8 Å². The summed E-state index contributed by atoms with van der Waals surface area (Å²) in [6.45, 7) is 2.79. The fraction of sp³-hybridized carbons (Fsp3) is 0.333. The summed E-state index contributed by atoms with van der Waals surface area (Å²) in [5.41, 5.74) is 2.30. The first kappa shape index (κ1) is 25.0. The van der Waals surface area contributed by atoms with E-state index in [0.717, 1.165) is 17.5 Å². The number of nitro groups is 1. The molecule has 0 spiro atoms. The summed E-state index contributed by atoms with van der Waals surface area (Å²) in [6, 6.07) is 14.1. The molecule has 192 valence electrons. The zero-order valence-corrected chi connectivity index (χ0v) is 21.0. The van der Waals surface area contributed by atoms with Crippen molar-refractivity contribution in [1.29, 1.82) is 0 Å². The molecule has 0 aliphatic carbocycles. The van der Waals surface area contributed by atoms with Crippen LogP contribution in [0.2, 0.25) is 0 Å². The molecule has 8 nitrogen and oxygen atoms in total. The number of carbonyl (C=O) groups is 2. The Labute approximate surface area is 218 Å². The molecule has 0 N–H and O–H groups in total. The van der Waals surface area contributed by atoms with Crippen molar-refractivity contribution in [3.8, 4) is 0 Å². The molecule has 3 heterocycles. The maximum atomic E-state index is 14.1. The number of rotatable bonds is 5. The molecule has 0 saturated carbocycles. The summed E-state index contributed by atoms with van der Waals surface area (Å²) in [5, 5.41) is 12.9. The van der Waals surface area contributed by atoms with E-state index < -0.39 is 4.92 Å². The van der Waals surface area contributed by atoms with Gasteiger partial charge >= 0.3 is 0 Å². The van der Waals surface area contributed by atoms with Gasteiger partial charge in [0, 0.05) is 55.3 Å². The zero-order valence-electron chi connectivity index (χ0n) is 20.2. The van der Waals surface area contributed by atoms with Crippen molar-refractivity contribution >= 4 is 28.8 Å². The molecule has 2 aliphatic rings. The predicted molar refractivity (Wildman–Crippen MR) is 138 cm³/mol. The van der Waals surface area contributed by atoms with Crippen LogP contribution in [0.4, 0.5) is 10.1 Å². The molecule has 0 bridgehead atoms. The number of carbonyl (C=O) groups excluding carboxylic acids is 2. The van der Waals surface area contributed by atoms with Gasteiger partial charge in [-0.1, -0.05) is 12.1 Å². The third-order valence-corrected chi connectivity index (χ3v) is 8.03. The van der Waals surface area contributed by atoms with Gasteiger partial charge in [0.25, 0.3) is 11.6 Å². The lowest BCUT2D eigenvalue weighted by molar-refractivity contribution is -0.384. The summed E-state index contributed by atoms with van der Waals surface area (Å²) in [6.07, 6.45) is 1.50. The first-order valence-corrected chi connectivity index (χ1v) is 13.2. The molecular formula is C27H27FN4O4S. The number of thiophene rings is 1. The van der Waals surface area contributed by atoms with Crippen LogP contribution in [0.3, 0.4) is 0 Å². The van der Waals surface area contributed by atoms with E-state index in [0.29, 0.717) is 44.7 Å². The molecule has 0 radical (unpaired) electrons. The lowest BCUT2D eigenvalue weighted by atomic mass is 9.93. The second-order valence-electron chi connectivity index (χ2n) is 9.31. The van der Waals surface area contributed by atoms with Crippen molar-refractivity contribution in [2.24, 2.45) is 0 Å². The van der Waals surface area contributed by atoms with Crippen molar-refractivity contribution in [1.82, 2.24) is 14.7 Å². The molecule has 1 saturated heterocycles. The van der Waals surface area contributed by atoms with Crippen LogP contribution in [-0.4, -0.2) is 70.7 Å². The highest BCUT2D eigenvalue weighted by Gasteiger charge is 2.32. The first-order chi connectivity index (χ1) is 17.9. The average Bonchev–Trinajstić information content (AvgIpc) is 3.23. The van der Waals surface area contributed by atoms with Crippen molar-refractivity contribution in [3.63, 3.8) is 0 Å². The Bertz CT molecular complexity index is 1310. The quantitative estimate of drug-likeness (QED) is 0.372. The molecule has 1 aromatic heterocycles. The molecule has 1 atom stereocenters. The van der Waals surface area contributed by atoms with Crippen LogP contribution in [-0.2, 0) is 11.2 Å². The Hall–Kier alpha value is -3.63. The summed E-state index contributed by atoms with van der Waals surface area (Å²) in [4.78, 5) is 43.6. The molecule has 2 amide bonds. The summed E-state index contributed by atoms with van der Waals surface area (Å²) >= 11 is 1.70. The Kier molecular flexibility index (Phi) is 7.29. The minimum absolute atomic E-state index is 0.00952. The van der Waals surface area contributed by atoms with Gasteiger partial charge in [-0.2, -0.15) is 0 Å². The Balaban J connectivity index is 1.25. The number of halogens is 1. The van der Waals surface area contributed by atoms with Gasteiger partial charge in [-0.3, -0.25) is 24.6 Å². The lowest BCUT2D eigenvalue weighted by Gasteiger charge is -2.37. The standard InChI is InChI=1S/C27H27FN4O4S/c28-21-4-1-3-20(17-21)26-23-10-16-37-24(23)9-13-31(26)18-25(33)29-11-2-12-30(15-14-29)27(34)19-5-7-22(8-6-19)32(35)36/h1,3-8,10,16-17,26H,2,9,11-15,18H2/t26-/m0/s1. The first-order valence-electron chi connectivity index (χ1n) is 12.3. The lowest BCUT2D eigenvalue weighted by Crippen LogP contribution is -2.45. The van der Waals surface area contributed by atoms with Crippen molar-refractivity contribution in [2.75, 3.05) is 39.3 Å². The third-order valence-electron chi connectivity index (χ3n) is 7.03. The highest BCUT2D eigenvalue weighted by atomic mass is 32.1. The number of nitro benzene ring substituents is 1. The normalized spacial score (nSPS) is 18.2. The van der Waals surface area contributed by atoms with Crippen LogP contribution in [0.15, 0.2) is 60.0 Å². The zero-order chi connectivity index (χ0) is 25.9. The number of hydrogen-bond acceptors (Lipinski definition) is 6. The van der Waals surface area contributed by atoms with Crippen LogP contribution < -0.4 is 0 Å². The van der Waals surface area contributed by atoms with E-state index in [4.69, 9.17) is 0 Å². The van der Waals surface area contributed by atoms with Crippen molar-refractivity contribution in [2.45, 2.75) is 18.9 Å². The monoisotopic (exact) mass is 522 g/mol. The SMILES string of the molecule is O=C(CN1CCc2sccc2[C@@H]1c1cccc(F)c1)N1CCCN(C(=O)c2ccc([N+](=O)[O-])cc2)CC1. The van der Waals surface area contributed by atoms with Crippen molar-refractivity contribution in [3.05, 3.63) is 97.5 Å². The van der Waals surface area contributed by atoms with Gasteiger partial charge in [0.15, 0.2) is 0 Å². The van der Waals surface area contributed by atoms with Crippen LogP contribution >= 0.6 is 11.3 Å². The Morgan fingerprint density at radius 2 is 1.76 bits per heavy atom. The second kappa shape index (κ2) is 10.8. The van der Waals surface area contributed by atoms with Crippen LogP contribution in [0, 0.1) is 15.9 Å². The highest BCUT2D eigenvalue weighted by Crippen LogP contribution is 2.37. The van der Waals surface area contributed by atoms with Gasteiger partial charge in [0.1, 0.15) is 5.82 Å². The smallest absolute Gasteiger partial charge is 0.269 e. The third kappa shape index (κ3) is 5.40. The molecular weight excluding hydrogens is 495 g/mol. The largest absolute Gasteiger partial charge is 0.340 e. The van der Waals surface area contributed by atoms with E-state index in [1.807, 2.05) is 11.4 Å². The van der Waals surface area contributed by atoms with Gasteiger partial charge in [0.2, 0.25) is 5.91 Å². The topological polar surface area (TPSA) is 87.0 Å². The molecule has 0 unspecified atom stereocenters. The Morgan fingerprint density at radius 3 is 2.51 bits per heavy atom. The number of fused-ring (bicyclic) bond motifs is 1. The number of benzene rings is 2. The number of non-ortho nitro benzene ring substituents is 1. The van der Waals surface area contributed by atoms with Gasteiger partial charge < -0.3 is 9.80 Å². The van der Waals surface area contributed by atoms with Crippen LogP contribution in [0.5, 0.6) is 0 Å². The molecule has 5 rings (SSSR count). The summed E-state index contributed by atoms with van der Waals surface area (Å²) in [5.74, 6) is -0.502. The maximum Gasteiger partial charge on any atom is 0.269 e. The fourth-order valence-corrected chi connectivity index (χ4v) is 6.06. The Morgan fingerprint density at radius 1 is 1.00 bits per heavy atom. The maximum absolute atomic E-state index is 14.1. The van der Waals surface area contributed by atoms with Gasteiger partial charge in [0.05, 0.1) is 17.5 Å². The van der Waals surface area contributed by atoms with E-state index in [9.17, 15) is 24.1 Å². The van der Waals surface area contributed by atoms with E-state index in [1.165, 1.54) is 35.2 Å². The van der Waals surface area contributed by atoms with E-state index in [2.05, 4.69) is 11.0 Å². The number of nitrogens with zero attached hydrogens (tertiary/aromatic N) is 4. The molecule has 2 aliphatic heterocycles. The number of hydrogen-bond donors (Lipinski definition) is 0. The predicted octanol–water partition coefficient (Wildman–Crippen LogP) is 4.12. The fourth-order valence-electron chi connectivity index (χ4n) is 5.16. The van der Waals surface area contributed by atoms with Crippen LogP contribution in [0.25, 0.3) is 0 Å². The molecule has 10 heteroatoms. The molecule has 3 aromatic rings. The average molecular weight is 523 g/mol. The highest BCUT2D eigenvalue weighted by molar-refractivity contribution is 7.10. The van der Waals surface area contributed by atoms with Gasteiger partial charge in [-0.05, 0) is 59.7 Å². The molecule has 1 fully saturated rings. The minimum Gasteiger partial charge on any atom is -0.340 e. The van der Waals surface area contributed by atoms with Gasteiger partial charge in [-0.25, -0.2) is 4.39 Å².